The molecule has 1 aliphatic rings. The van der Waals surface area contributed by atoms with E-state index in [1.165, 1.54) is 0 Å². The highest BCUT2D eigenvalue weighted by Gasteiger charge is 2.21. The van der Waals surface area contributed by atoms with Crippen LogP contribution in [-0.2, 0) is 0 Å². The smallest absolute Gasteiger partial charge is 0.272 e. The van der Waals surface area contributed by atoms with E-state index in [0.29, 0.717) is 12.2 Å². The fraction of sp³-hybridized carbons (Fsp3) is 0.357. The van der Waals surface area contributed by atoms with Gasteiger partial charge in [0.2, 0.25) is 0 Å². The van der Waals surface area contributed by atoms with Crippen LogP contribution in [-0.4, -0.2) is 41.3 Å². The molecule has 1 fully saturated rings. The lowest BCUT2D eigenvalue weighted by atomic mass is 10.2. The number of nitrogens with one attached hydrogen (secondary N) is 1. The molecule has 0 spiro atoms. The van der Waals surface area contributed by atoms with E-state index in [1.807, 2.05) is 0 Å². The summed E-state index contributed by atoms with van der Waals surface area (Å²) in [5, 5.41) is 2.64. The number of pyridine rings is 1. The monoisotopic (exact) mass is 259 g/mol. The first-order chi connectivity index (χ1) is 9.22. The molecule has 0 radical (unpaired) electrons. The summed E-state index contributed by atoms with van der Waals surface area (Å²) in [6.07, 6.45) is 3.66. The number of amides is 2. The Bertz CT molecular complexity index is 493. The predicted octanol–water partition coefficient (Wildman–Crippen LogP) is 1.23. The van der Waals surface area contributed by atoms with Crippen LogP contribution >= 0.6 is 0 Å². The fourth-order valence-electron chi connectivity index (χ4n) is 2.02. The van der Waals surface area contributed by atoms with E-state index in [0.717, 1.165) is 25.9 Å². The van der Waals surface area contributed by atoms with Gasteiger partial charge < -0.3 is 10.2 Å². The third-order valence-corrected chi connectivity index (χ3v) is 3.00. The highest BCUT2D eigenvalue weighted by Crippen LogP contribution is 2.11. The highest BCUT2D eigenvalue weighted by molar-refractivity contribution is 5.96. The minimum Gasteiger partial charge on any atom is -0.347 e. The van der Waals surface area contributed by atoms with Crippen molar-refractivity contribution in [2.24, 2.45) is 0 Å². The lowest BCUT2D eigenvalue weighted by molar-refractivity contribution is 0.0787. The molecule has 5 nitrogen and oxygen atoms in total. The number of aromatic nitrogens is 1. The molecule has 5 heteroatoms. The van der Waals surface area contributed by atoms with Crippen molar-refractivity contribution in [1.82, 2.24) is 15.2 Å². The van der Waals surface area contributed by atoms with E-state index in [4.69, 9.17) is 0 Å². The zero-order valence-corrected chi connectivity index (χ0v) is 10.8. The van der Waals surface area contributed by atoms with Crippen molar-refractivity contribution in [3.05, 3.63) is 42.2 Å². The molecular weight excluding hydrogens is 242 g/mol. The number of nitrogens with zero attached hydrogens (tertiary/aromatic N) is 2. The standard InChI is InChI=1S/C14H17N3O2/c1-2-8-15-13(18)11-6-5-7-12(16-11)14(19)17-9-3-4-10-17/h2,5-7H,1,3-4,8-10H2,(H,15,18). The van der Waals surface area contributed by atoms with E-state index in [1.54, 1.807) is 29.2 Å². The van der Waals surface area contributed by atoms with E-state index < -0.39 is 0 Å². The van der Waals surface area contributed by atoms with Gasteiger partial charge in [-0.3, -0.25) is 9.59 Å². The number of hydrogen-bond acceptors (Lipinski definition) is 3. The molecule has 0 aliphatic carbocycles. The highest BCUT2D eigenvalue weighted by atomic mass is 16.2. The number of rotatable bonds is 4. The van der Waals surface area contributed by atoms with Crippen LogP contribution in [0.15, 0.2) is 30.9 Å². The van der Waals surface area contributed by atoms with Gasteiger partial charge in [-0.2, -0.15) is 0 Å². The third-order valence-electron chi connectivity index (χ3n) is 3.00. The Kier molecular flexibility index (Phi) is 4.28. The molecule has 0 bridgehead atoms. The lowest BCUT2D eigenvalue weighted by Crippen LogP contribution is -2.30. The summed E-state index contributed by atoms with van der Waals surface area (Å²) in [7, 11) is 0. The Morgan fingerprint density at radius 1 is 1.32 bits per heavy atom. The van der Waals surface area contributed by atoms with Crippen LogP contribution in [0.2, 0.25) is 0 Å². The molecule has 1 N–H and O–H groups in total. The maximum atomic E-state index is 12.2. The van der Waals surface area contributed by atoms with Crippen LogP contribution in [0.1, 0.15) is 33.8 Å². The Balaban J connectivity index is 2.11. The number of carbonyl (C=O) groups excluding carboxylic acids is 2. The van der Waals surface area contributed by atoms with E-state index in [2.05, 4.69) is 16.9 Å². The normalized spacial score (nSPS) is 14.2. The van der Waals surface area contributed by atoms with Crippen LogP contribution < -0.4 is 5.32 Å². The average molecular weight is 259 g/mol. The molecule has 0 atom stereocenters. The largest absolute Gasteiger partial charge is 0.347 e. The Hall–Kier alpha value is -2.17. The van der Waals surface area contributed by atoms with E-state index >= 15 is 0 Å². The van der Waals surface area contributed by atoms with Crippen molar-refractivity contribution >= 4 is 11.8 Å². The molecule has 1 aromatic rings. The van der Waals surface area contributed by atoms with Crippen molar-refractivity contribution in [2.45, 2.75) is 12.8 Å². The topological polar surface area (TPSA) is 62.3 Å². The maximum absolute atomic E-state index is 12.2. The Morgan fingerprint density at radius 3 is 2.68 bits per heavy atom. The molecule has 0 unspecified atom stereocenters. The van der Waals surface area contributed by atoms with Gasteiger partial charge in [0.25, 0.3) is 11.8 Å². The fourth-order valence-corrected chi connectivity index (χ4v) is 2.02. The molecule has 1 aliphatic heterocycles. The van der Waals surface area contributed by atoms with Gasteiger partial charge >= 0.3 is 0 Å². The van der Waals surface area contributed by atoms with Gasteiger partial charge in [0.05, 0.1) is 0 Å². The maximum Gasteiger partial charge on any atom is 0.272 e. The first-order valence-corrected chi connectivity index (χ1v) is 6.38. The van der Waals surface area contributed by atoms with Crippen molar-refractivity contribution in [3.63, 3.8) is 0 Å². The zero-order chi connectivity index (χ0) is 13.7. The molecule has 1 aromatic heterocycles. The van der Waals surface area contributed by atoms with E-state index in [-0.39, 0.29) is 17.5 Å². The van der Waals surface area contributed by atoms with Crippen molar-refractivity contribution in [2.75, 3.05) is 19.6 Å². The van der Waals surface area contributed by atoms with Gasteiger partial charge in [0.15, 0.2) is 0 Å². The lowest BCUT2D eigenvalue weighted by Gasteiger charge is -2.14. The van der Waals surface area contributed by atoms with Crippen molar-refractivity contribution in [1.29, 1.82) is 0 Å². The SMILES string of the molecule is C=CCNC(=O)c1cccc(C(=O)N2CCCC2)n1. The molecule has 0 saturated carbocycles. The molecule has 1 saturated heterocycles. The van der Waals surface area contributed by atoms with Crippen LogP contribution in [0, 0.1) is 0 Å². The molecule has 100 valence electrons. The summed E-state index contributed by atoms with van der Waals surface area (Å²) < 4.78 is 0. The zero-order valence-electron chi connectivity index (χ0n) is 10.8. The summed E-state index contributed by atoms with van der Waals surface area (Å²) >= 11 is 0. The second-order valence-corrected chi connectivity index (χ2v) is 4.41. The third kappa shape index (κ3) is 3.19. The minimum absolute atomic E-state index is 0.101. The molecule has 19 heavy (non-hydrogen) atoms. The van der Waals surface area contributed by atoms with Crippen LogP contribution in [0.5, 0.6) is 0 Å². The summed E-state index contributed by atoms with van der Waals surface area (Å²) in [6.45, 7) is 5.45. The molecule has 2 rings (SSSR count). The number of hydrogen-bond donors (Lipinski definition) is 1. The quantitative estimate of drug-likeness (QED) is 0.827. The number of carbonyl (C=O) groups is 2. The van der Waals surface area contributed by atoms with Gasteiger partial charge in [0.1, 0.15) is 11.4 Å². The van der Waals surface area contributed by atoms with E-state index in [9.17, 15) is 9.59 Å². The summed E-state index contributed by atoms with van der Waals surface area (Å²) in [4.78, 5) is 29.8. The predicted molar refractivity (Wildman–Crippen MR) is 71.9 cm³/mol. The first kappa shape index (κ1) is 13.3. The van der Waals surface area contributed by atoms with Crippen LogP contribution in [0.4, 0.5) is 0 Å². The molecule has 0 aromatic carbocycles. The molecule has 2 heterocycles. The summed E-state index contributed by atoms with van der Waals surface area (Å²) in [5.74, 6) is -0.396. The molecular formula is C14H17N3O2. The number of likely N-dealkylation sites (tertiary alicyclic amines) is 1. The van der Waals surface area contributed by atoms with Crippen LogP contribution in [0.25, 0.3) is 0 Å². The van der Waals surface area contributed by atoms with Gasteiger partial charge in [-0.05, 0) is 25.0 Å². The van der Waals surface area contributed by atoms with Crippen LogP contribution in [0.3, 0.4) is 0 Å². The average Bonchev–Trinajstić information content (AvgIpc) is 2.98. The van der Waals surface area contributed by atoms with Gasteiger partial charge in [-0.25, -0.2) is 4.98 Å². The summed E-state index contributed by atoms with van der Waals surface area (Å²) in [6, 6.07) is 4.92. The Labute approximate surface area is 112 Å². The van der Waals surface area contributed by atoms with Gasteiger partial charge in [-0.15, -0.1) is 6.58 Å². The first-order valence-electron chi connectivity index (χ1n) is 6.38. The Morgan fingerprint density at radius 2 is 2.00 bits per heavy atom. The summed E-state index contributed by atoms with van der Waals surface area (Å²) in [5.41, 5.74) is 0.583. The van der Waals surface area contributed by atoms with Gasteiger partial charge in [0, 0.05) is 19.6 Å². The van der Waals surface area contributed by atoms with Gasteiger partial charge in [-0.1, -0.05) is 12.1 Å². The van der Waals surface area contributed by atoms with Crippen molar-refractivity contribution in [3.8, 4) is 0 Å². The molecule has 2 amide bonds. The van der Waals surface area contributed by atoms with Crippen molar-refractivity contribution < 1.29 is 9.59 Å². The second kappa shape index (κ2) is 6.13. The second-order valence-electron chi connectivity index (χ2n) is 4.41. The minimum atomic E-state index is -0.295.